The van der Waals surface area contributed by atoms with E-state index in [4.69, 9.17) is 16.7 Å². The van der Waals surface area contributed by atoms with E-state index in [1.165, 1.54) is 6.42 Å². The van der Waals surface area contributed by atoms with E-state index in [1.807, 2.05) is 6.07 Å². The van der Waals surface area contributed by atoms with Crippen molar-refractivity contribution in [1.82, 2.24) is 0 Å². The highest BCUT2D eigenvalue weighted by Crippen LogP contribution is 2.36. The number of carbonyl (C=O) groups is 1. The molecule has 4 heteroatoms. The van der Waals surface area contributed by atoms with Crippen LogP contribution in [-0.4, -0.2) is 24.2 Å². The Morgan fingerprint density at radius 2 is 2.11 bits per heavy atom. The molecule has 1 aromatic carbocycles. The maximum absolute atomic E-state index is 10.9. The number of anilines is 1. The number of nitrogens with zero attached hydrogens (tertiary/aromatic N) is 1. The predicted octanol–water partition coefficient (Wildman–Crippen LogP) is 3.91. The van der Waals surface area contributed by atoms with E-state index in [-0.39, 0.29) is 5.56 Å². The lowest BCUT2D eigenvalue weighted by Gasteiger charge is -2.27. The predicted molar refractivity (Wildman–Crippen MR) is 78.2 cm³/mol. The molecule has 1 aliphatic heterocycles. The largest absolute Gasteiger partial charge is 0.478 e. The monoisotopic (exact) mass is 281 g/mol. The standard InChI is InChI=1S/C15H20ClNO2/c1-15(2,3)10-6-7-17(9-10)11-4-5-12(14(18)19)13(16)8-11/h4-5,8,10H,6-7,9H2,1-3H3,(H,18,19). The number of hydrogen-bond acceptors (Lipinski definition) is 2. The second-order valence-corrected chi connectivity index (χ2v) is 6.67. The Morgan fingerprint density at radius 3 is 2.58 bits per heavy atom. The molecule has 104 valence electrons. The summed E-state index contributed by atoms with van der Waals surface area (Å²) < 4.78 is 0. The fourth-order valence-corrected chi connectivity index (χ4v) is 2.83. The third-order valence-electron chi connectivity index (χ3n) is 3.96. The van der Waals surface area contributed by atoms with E-state index in [2.05, 4.69) is 25.7 Å². The lowest BCUT2D eigenvalue weighted by molar-refractivity contribution is 0.0697. The number of benzene rings is 1. The van der Waals surface area contributed by atoms with Crippen LogP contribution in [0.25, 0.3) is 0 Å². The quantitative estimate of drug-likeness (QED) is 0.893. The Morgan fingerprint density at radius 1 is 1.42 bits per heavy atom. The van der Waals surface area contributed by atoms with Gasteiger partial charge in [0, 0.05) is 18.8 Å². The van der Waals surface area contributed by atoms with Crippen molar-refractivity contribution >= 4 is 23.3 Å². The van der Waals surface area contributed by atoms with Crippen molar-refractivity contribution in [3.05, 3.63) is 28.8 Å². The Kier molecular flexibility index (Phi) is 3.77. The molecule has 0 aliphatic carbocycles. The third kappa shape index (κ3) is 3.03. The van der Waals surface area contributed by atoms with Crippen LogP contribution in [0.15, 0.2) is 18.2 Å². The Labute approximate surface area is 119 Å². The van der Waals surface area contributed by atoms with Gasteiger partial charge in [0.25, 0.3) is 0 Å². The molecule has 0 bridgehead atoms. The molecule has 1 unspecified atom stereocenters. The van der Waals surface area contributed by atoms with Crippen molar-refractivity contribution < 1.29 is 9.90 Å². The summed E-state index contributed by atoms with van der Waals surface area (Å²) in [5.41, 5.74) is 1.48. The summed E-state index contributed by atoms with van der Waals surface area (Å²) in [6.07, 6.45) is 1.17. The lowest BCUT2D eigenvalue weighted by Crippen LogP contribution is -2.25. The Hall–Kier alpha value is -1.22. The van der Waals surface area contributed by atoms with Gasteiger partial charge in [-0.3, -0.25) is 0 Å². The van der Waals surface area contributed by atoms with Gasteiger partial charge in [-0.2, -0.15) is 0 Å². The summed E-state index contributed by atoms with van der Waals surface area (Å²) in [6.45, 7) is 8.81. The molecule has 0 spiro atoms. The average Bonchev–Trinajstić information content (AvgIpc) is 2.76. The van der Waals surface area contributed by atoms with Gasteiger partial charge < -0.3 is 10.0 Å². The minimum atomic E-state index is -0.981. The minimum absolute atomic E-state index is 0.164. The highest BCUT2D eigenvalue weighted by atomic mass is 35.5. The molecule has 0 aromatic heterocycles. The van der Waals surface area contributed by atoms with E-state index in [0.717, 1.165) is 18.8 Å². The molecule has 1 fully saturated rings. The molecule has 19 heavy (non-hydrogen) atoms. The minimum Gasteiger partial charge on any atom is -0.478 e. The van der Waals surface area contributed by atoms with Crippen molar-refractivity contribution in [2.24, 2.45) is 11.3 Å². The average molecular weight is 282 g/mol. The summed E-state index contributed by atoms with van der Waals surface area (Å²) in [5.74, 6) is -0.323. The van der Waals surface area contributed by atoms with Crippen molar-refractivity contribution in [1.29, 1.82) is 0 Å². The third-order valence-corrected chi connectivity index (χ3v) is 4.27. The number of carboxylic acid groups (broad SMARTS) is 1. The normalized spacial score (nSPS) is 19.8. The molecule has 2 rings (SSSR count). The lowest BCUT2D eigenvalue weighted by atomic mass is 9.80. The van der Waals surface area contributed by atoms with E-state index in [9.17, 15) is 4.79 Å². The second kappa shape index (κ2) is 5.04. The van der Waals surface area contributed by atoms with Gasteiger partial charge >= 0.3 is 5.97 Å². The maximum atomic E-state index is 10.9. The summed E-state index contributed by atoms with van der Waals surface area (Å²) in [7, 11) is 0. The zero-order valence-corrected chi connectivity index (χ0v) is 12.4. The van der Waals surface area contributed by atoms with E-state index < -0.39 is 5.97 Å². The fourth-order valence-electron chi connectivity index (χ4n) is 2.58. The first-order valence-corrected chi connectivity index (χ1v) is 6.94. The fraction of sp³-hybridized carbons (Fsp3) is 0.533. The zero-order chi connectivity index (χ0) is 14.2. The molecule has 1 saturated heterocycles. The molecular weight excluding hydrogens is 262 g/mol. The van der Waals surface area contributed by atoms with Gasteiger partial charge in [-0.15, -0.1) is 0 Å². The summed E-state index contributed by atoms with van der Waals surface area (Å²) >= 11 is 6.02. The molecule has 1 aromatic rings. The van der Waals surface area contributed by atoms with Crippen LogP contribution in [0.1, 0.15) is 37.6 Å². The van der Waals surface area contributed by atoms with Crippen LogP contribution in [0.2, 0.25) is 5.02 Å². The summed E-state index contributed by atoms with van der Waals surface area (Å²) in [5, 5.41) is 9.28. The molecule has 1 atom stereocenters. The maximum Gasteiger partial charge on any atom is 0.337 e. The number of carboxylic acids is 1. The van der Waals surface area contributed by atoms with Crippen molar-refractivity contribution in [2.45, 2.75) is 27.2 Å². The molecule has 0 saturated carbocycles. The second-order valence-electron chi connectivity index (χ2n) is 6.27. The smallest absolute Gasteiger partial charge is 0.337 e. The topological polar surface area (TPSA) is 40.5 Å². The van der Waals surface area contributed by atoms with E-state index in [0.29, 0.717) is 16.4 Å². The molecule has 1 heterocycles. The number of halogens is 1. The van der Waals surface area contributed by atoms with Crippen LogP contribution in [0.5, 0.6) is 0 Å². The van der Waals surface area contributed by atoms with Gasteiger partial charge in [-0.05, 0) is 36.0 Å². The first kappa shape index (κ1) is 14.2. The molecular formula is C15H20ClNO2. The van der Waals surface area contributed by atoms with Crippen LogP contribution in [0.3, 0.4) is 0 Å². The Bertz CT molecular complexity index is 493. The first-order chi connectivity index (χ1) is 8.79. The molecule has 1 N–H and O–H groups in total. The van der Waals surface area contributed by atoms with Crippen LogP contribution in [0, 0.1) is 11.3 Å². The first-order valence-electron chi connectivity index (χ1n) is 6.57. The van der Waals surface area contributed by atoms with Gasteiger partial charge in [0.1, 0.15) is 0 Å². The highest BCUT2D eigenvalue weighted by Gasteiger charge is 2.32. The van der Waals surface area contributed by atoms with E-state index in [1.54, 1.807) is 12.1 Å². The summed E-state index contributed by atoms with van der Waals surface area (Å²) in [4.78, 5) is 13.2. The van der Waals surface area contributed by atoms with Gasteiger partial charge in [-0.1, -0.05) is 32.4 Å². The van der Waals surface area contributed by atoms with Crippen LogP contribution in [-0.2, 0) is 0 Å². The number of rotatable bonds is 2. The molecule has 0 amide bonds. The Balaban J connectivity index is 2.16. The van der Waals surface area contributed by atoms with Gasteiger partial charge in [0.15, 0.2) is 0 Å². The number of aromatic carboxylic acids is 1. The molecule has 3 nitrogen and oxygen atoms in total. The highest BCUT2D eigenvalue weighted by molar-refractivity contribution is 6.33. The van der Waals surface area contributed by atoms with E-state index >= 15 is 0 Å². The van der Waals surface area contributed by atoms with Gasteiger partial charge in [0.2, 0.25) is 0 Å². The summed E-state index contributed by atoms with van der Waals surface area (Å²) in [6, 6.07) is 5.20. The van der Waals surface area contributed by atoms with Crippen LogP contribution >= 0.6 is 11.6 Å². The van der Waals surface area contributed by atoms with Crippen LogP contribution in [0.4, 0.5) is 5.69 Å². The van der Waals surface area contributed by atoms with Gasteiger partial charge in [0.05, 0.1) is 10.6 Å². The zero-order valence-electron chi connectivity index (χ0n) is 11.6. The molecule has 1 aliphatic rings. The van der Waals surface area contributed by atoms with Crippen LogP contribution < -0.4 is 4.90 Å². The van der Waals surface area contributed by atoms with Gasteiger partial charge in [-0.25, -0.2) is 4.79 Å². The number of hydrogen-bond donors (Lipinski definition) is 1. The van der Waals surface area contributed by atoms with Crippen molar-refractivity contribution in [2.75, 3.05) is 18.0 Å². The SMILES string of the molecule is CC(C)(C)C1CCN(c2ccc(C(=O)O)c(Cl)c2)C1. The van der Waals surface area contributed by atoms with Crippen molar-refractivity contribution in [3.8, 4) is 0 Å². The van der Waals surface area contributed by atoms with Crippen molar-refractivity contribution in [3.63, 3.8) is 0 Å². The molecule has 0 radical (unpaired) electrons.